The zero-order valence-corrected chi connectivity index (χ0v) is 8.69. The Morgan fingerprint density at radius 3 is 2.60 bits per heavy atom. The minimum atomic E-state index is -0.121. The van der Waals surface area contributed by atoms with Crippen LogP contribution in [0.2, 0.25) is 0 Å². The summed E-state index contributed by atoms with van der Waals surface area (Å²) in [5.41, 5.74) is 6.42. The van der Waals surface area contributed by atoms with Gasteiger partial charge in [0, 0.05) is 17.3 Å². The van der Waals surface area contributed by atoms with Gasteiger partial charge in [0.1, 0.15) is 0 Å². The lowest BCUT2D eigenvalue weighted by atomic mass is 10.0. The summed E-state index contributed by atoms with van der Waals surface area (Å²) in [4.78, 5) is 20.8. The number of nitrogens with two attached hydrogens (primary N) is 1. The van der Waals surface area contributed by atoms with E-state index in [2.05, 4.69) is 4.89 Å². The van der Waals surface area contributed by atoms with Gasteiger partial charge in [0.05, 0.1) is 7.11 Å². The molecule has 0 bridgehead atoms. The van der Waals surface area contributed by atoms with Crippen LogP contribution in [0, 0.1) is 0 Å². The van der Waals surface area contributed by atoms with Gasteiger partial charge in [-0.1, -0.05) is 18.2 Å². The number of Topliss-reactive ketones (excluding diaryl/α,β-unsaturated/α-hetero) is 1. The molecule has 0 aromatic heterocycles. The number of allylic oxidation sites excluding steroid dienone is 1. The topological polar surface area (TPSA) is 61.6 Å². The molecule has 1 aromatic carbocycles. The summed E-state index contributed by atoms with van der Waals surface area (Å²) in [5, 5.41) is 0. The van der Waals surface area contributed by atoms with Gasteiger partial charge in [0.25, 0.3) is 0 Å². The molecular weight excluding hydrogens is 194 g/mol. The average Bonchev–Trinajstić information content (AvgIpc) is 2.21. The van der Waals surface area contributed by atoms with Crippen LogP contribution in [-0.4, -0.2) is 12.9 Å². The first-order valence-electron chi connectivity index (χ1n) is 4.43. The molecule has 0 aliphatic carbocycles. The monoisotopic (exact) mass is 207 g/mol. The SMILES string of the molecule is COOc1ccccc1/C(=C\N)C(C)=O. The van der Waals surface area contributed by atoms with Crippen LogP contribution >= 0.6 is 0 Å². The maximum absolute atomic E-state index is 11.3. The van der Waals surface area contributed by atoms with Crippen molar-refractivity contribution in [3.63, 3.8) is 0 Å². The van der Waals surface area contributed by atoms with Crippen LogP contribution in [0.5, 0.6) is 5.75 Å². The number of carbonyl (C=O) groups excluding carboxylic acids is 1. The van der Waals surface area contributed by atoms with E-state index in [9.17, 15) is 4.79 Å². The van der Waals surface area contributed by atoms with E-state index in [-0.39, 0.29) is 5.78 Å². The molecule has 0 unspecified atom stereocenters. The van der Waals surface area contributed by atoms with Crippen molar-refractivity contribution in [3.05, 3.63) is 36.0 Å². The normalized spacial score (nSPS) is 11.2. The predicted octanol–water partition coefficient (Wildman–Crippen LogP) is 1.52. The van der Waals surface area contributed by atoms with E-state index >= 15 is 0 Å². The van der Waals surface area contributed by atoms with Gasteiger partial charge in [0.2, 0.25) is 0 Å². The number of hydrogen-bond acceptors (Lipinski definition) is 4. The molecule has 80 valence electrons. The van der Waals surface area contributed by atoms with E-state index in [0.29, 0.717) is 16.9 Å². The highest BCUT2D eigenvalue weighted by molar-refractivity contribution is 6.20. The predicted molar refractivity (Wildman–Crippen MR) is 56.9 cm³/mol. The van der Waals surface area contributed by atoms with E-state index in [0.717, 1.165) is 0 Å². The fourth-order valence-corrected chi connectivity index (χ4v) is 1.25. The second-order valence-electron chi connectivity index (χ2n) is 2.88. The van der Waals surface area contributed by atoms with Crippen LogP contribution in [-0.2, 0) is 9.68 Å². The molecule has 0 spiro atoms. The third-order valence-corrected chi connectivity index (χ3v) is 1.90. The molecular formula is C11H13NO3. The first-order chi connectivity index (χ1) is 7.20. The average molecular weight is 207 g/mol. The van der Waals surface area contributed by atoms with Crippen LogP contribution in [0.3, 0.4) is 0 Å². The Morgan fingerprint density at radius 2 is 2.07 bits per heavy atom. The van der Waals surface area contributed by atoms with Gasteiger partial charge in [-0.25, -0.2) is 0 Å². The molecule has 4 heteroatoms. The van der Waals surface area contributed by atoms with Crippen LogP contribution in [0.25, 0.3) is 5.57 Å². The van der Waals surface area contributed by atoms with Crippen molar-refractivity contribution in [1.29, 1.82) is 0 Å². The third-order valence-electron chi connectivity index (χ3n) is 1.90. The second kappa shape index (κ2) is 5.17. The van der Waals surface area contributed by atoms with Crippen molar-refractivity contribution in [3.8, 4) is 5.75 Å². The lowest BCUT2D eigenvalue weighted by molar-refractivity contribution is -0.178. The highest BCUT2D eigenvalue weighted by atomic mass is 17.2. The van der Waals surface area contributed by atoms with E-state index in [1.54, 1.807) is 24.3 Å². The minimum absolute atomic E-state index is 0.121. The van der Waals surface area contributed by atoms with Crippen molar-refractivity contribution < 1.29 is 14.6 Å². The summed E-state index contributed by atoms with van der Waals surface area (Å²) < 4.78 is 0. The minimum Gasteiger partial charge on any atom is -0.404 e. The Labute approximate surface area is 88.2 Å². The molecule has 0 aliphatic heterocycles. The molecule has 0 fully saturated rings. The summed E-state index contributed by atoms with van der Waals surface area (Å²) in [6, 6.07) is 7.02. The third kappa shape index (κ3) is 2.57. The molecule has 0 saturated heterocycles. The smallest absolute Gasteiger partial charge is 0.173 e. The summed E-state index contributed by atoms with van der Waals surface area (Å²) >= 11 is 0. The van der Waals surface area contributed by atoms with Crippen LogP contribution in [0.4, 0.5) is 0 Å². The van der Waals surface area contributed by atoms with Gasteiger partial charge in [0.15, 0.2) is 11.5 Å². The lowest BCUT2D eigenvalue weighted by Crippen LogP contribution is -2.02. The number of ketones is 1. The quantitative estimate of drug-likeness (QED) is 0.462. The number of carbonyl (C=O) groups is 1. The highest BCUT2D eigenvalue weighted by Gasteiger charge is 2.12. The van der Waals surface area contributed by atoms with Crippen molar-refractivity contribution in [2.45, 2.75) is 6.92 Å². The number of hydrogen-bond donors (Lipinski definition) is 1. The van der Waals surface area contributed by atoms with E-state index < -0.39 is 0 Å². The van der Waals surface area contributed by atoms with Crippen molar-refractivity contribution >= 4 is 11.4 Å². The molecule has 4 nitrogen and oxygen atoms in total. The molecule has 0 aliphatic rings. The largest absolute Gasteiger partial charge is 0.404 e. The van der Waals surface area contributed by atoms with Crippen molar-refractivity contribution in [2.24, 2.45) is 5.73 Å². The first kappa shape index (κ1) is 11.3. The fourth-order valence-electron chi connectivity index (χ4n) is 1.25. The Balaban J connectivity index is 3.17. The molecule has 1 rings (SSSR count). The zero-order chi connectivity index (χ0) is 11.3. The Hall–Kier alpha value is -1.81. The standard InChI is InChI=1S/C11H13NO3/c1-8(13)10(7-12)9-5-3-4-6-11(9)15-14-2/h3-7H,12H2,1-2H3/b10-7-. The lowest BCUT2D eigenvalue weighted by Gasteiger charge is -2.08. The van der Waals surface area contributed by atoms with Gasteiger partial charge in [-0.05, 0) is 13.0 Å². The van der Waals surface area contributed by atoms with E-state index in [4.69, 9.17) is 10.6 Å². The van der Waals surface area contributed by atoms with Crippen molar-refractivity contribution in [2.75, 3.05) is 7.11 Å². The Bertz CT molecular complexity index is 385. The highest BCUT2D eigenvalue weighted by Crippen LogP contribution is 2.25. The maximum Gasteiger partial charge on any atom is 0.173 e. The second-order valence-corrected chi connectivity index (χ2v) is 2.88. The molecule has 2 N–H and O–H groups in total. The molecule has 0 saturated carbocycles. The van der Waals surface area contributed by atoms with Gasteiger partial charge in [-0.2, -0.15) is 4.89 Å². The van der Waals surface area contributed by atoms with Crippen molar-refractivity contribution in [1.82, 2.24) is 0 Å². The van der Waals surface area contributed by atoms with Crippen LogP contribution < -0.4 is 10.6 Å². The summed E-state index contributed by atoms with van der Waals surface area (Å²) in [6.45, 7) is 1.45. The molecule has 1 aromatic rings. The molecule has 15 heavy (non-hydrogen) atoms. The Kier molecular flexibility index (Phi) is 3.88. The molecule has 0 heterocycles. The molecule has 0 atom stereocenters. The number of para-hydroxylation sites is 1. The van der Waals surface area contributed by atoms with Gasteiger partial charge >= 0.3 is 0 Å². The summed E-state index contributed by atoms with van der Waals surface area (Å²) in [5.74, 6) is 0.344. The van der Waals surface area contributed by atoms with Crippen LogP contribution in [0.15, 0.2) is 30.5 Å². The number of benzene rings is 1. The van der Waals surface area contributed by atoms with Gasteiger partial charge in [-0.3, -0.25) is 4.79 Å². The maximum atomic E-state index is 11.3. The fraction of sp³-hybridized carbons (Fsp3) is 0.182. The summed E-state index contributed by atoms with van der Waals surface area (Å²) in [6.07, 6.45) is 1.26. The first-order valence-corrected chi connectivity index (χ1v) is 4.43. The molecule has 0 radical (unpaired) electrons. The zero-order valence-electron chi connectivity index (χ0n) is 8.69. The summed E-state index contributed by atoms with van der Waals surface area (Å²) in [7, 11) is 1.40. The number of rotatable bonds is 4. The van der Waals surface area contributed by atoms with E-state index in [1.807, 2.05) is 0 Å². The van der Waals surface area contributed by atoms with Crippen LogP contribution in [0.1, 0.15) is 12.5 Å². The van der Waals surface area contributed by atoms with Gasteiger partial charge < -0.3 is 10.6 Å². The Morgan fingerprint density at radius 1 is 1.40 bits per heavy atom. The van der Waals surface area contributed by atoms with Gasteiger partial charge in [-0.15, -0.1) is 0 Å². The van der Waals surface area contributed by atoms with E-state index in [1.165, 1.54) is 20.2 Å². The molecule has 0 amide bonds.